The van der Waals surface area contributed by atoms with Gasteiger partial charge in [0.15, 0.2) is 0 Å². The molecule has 1 saturated heterocycles. The summed E-state index contributed by atoms with van der Waals surface area (Å²) in [6.07, 6.45) is 50.4. The average molecular weight is 1120 g/mol. The molecule has 1 heterocycles. The quantitative estimate of drug-likeness (QED) is 0.0400. The molecule has 1 aliphatic rings. The SMILES string of the molecule is C#Cc1ccc(-c2ccc(C#C)cc2)cc1.C#Cc1ccc(OCCCCCCCCCCCC)c(C#C)c1.C1CCOC1.CC#CC#Cc1cc(C#CC#Cc2ccc(-c3ccc(C)cc3)cc2)ccc1OCCCCCCCCCCCC. The summed E-state index contributed by atoms with van der Waals surface area (Å²) in [4.78, 5) is 0. The van der Waals surface area contributed by atoms with Crippen LogP contribution in [0.5, 0.6) is 11.5 Å². The minimum atomic E-state index is 0.698. The Morgan fingerprint density at radius 1 is 0.365 bits per heavy atom. The average Bonchev–Trinajstić information content (AvgIpc) is 4.29. The lowest BCUT2D eigenvalue weighted by Crippen LogP contribution is -1.99. The lowest BCUT2D eigenvalue weighted by Gasteiger charge is -2.09. The Kier molecular flexibility index (Phi) is 36.4. The van der Waals surface area contributed by atoms with Crippen LogP contribution in [-0.2, 0) is 4.74 Å². The van der Waals surface area contributed by atoms with E-state index in [2.05, 4.69) is 128 Å². The highest BCUT2D eigenvalue weighted by atomic mass is 16.5. The van der Waals surface area contributed by atoms with Crippen molar-refractivity contribution in [1.82, 2.24) is 0 Å². The van der Waals surface area contributed by atoms with Crippen molar-refractivity contribution >= 4 is 0 Å². The Labute approximate surface area is 515 Å². The normalized spacial score (nSPS) is 10.5. The van der Waals surface area contributed by atoms with E-state index in [1.165, 1.54) is 145 Å². The highest BCUT2D eigenvalue weighted by molar-refractivity contribution is 5.66. The van der Waals surface area contributed by atoms with Gasteiger partial charge in [0.25, 0.3) is 0 Å². The van der Waals surface area contributed by atoms with Crippen LogP contribution in [0, 0.1) is 104 Å². The van der Waals surface area contributed by atoms with Gasteiger partial charge < -0.3 is 14.2 Å². The number of ether oxygens (including phenoxy) is 3. The van der Waals surface area contributed by atoms with Crippen molar-refractivity contribution in [2.75, 3.05) is 26.4 Å². The molecule has 0 amide bonds. The zero-order chi connectivity index (χ0) is 60.6. The van der Waals surface area contributed by atoms with Gasteiger partial charge in [0, 0.05) is 41.0 Å². The second-order valence-corrected chi connectivity index (χ2v) is 21.1. The van der Waals surface area contributed by atoms with Gasteiger partial charge in [-0.1, -0.05) is 237 Å². The number of hydrogen-bond donors (Lipinski definition) is 0. The fourth-order valence-electron chi connectivity index (χ4n) is 9.12. The summed E-state index contributed by atoms with van der Waals surface area (Å²) in [5.41, 5.74) is 11.9. The van der Waals surface area contributed by atoms with Crippen LogP contribution in [-0.4, -0.2) is 26.4 Å². The van der Waals surface area contributed by atoms with Gasteiger partial charge in [-0.2, -0.15) is 0 Å². The number of aryl methyl sites for hydroxylation is 1. The van der Waals surface area contributed by atoms with Crippen molar-refractivity contribution in [2.45, 2.75) is 169 Å². The minimum absolute atomic E-state index is 0.698. The molecule has 1 fully saturated rings. The summed E-state index contributed by atoms with van der Waals surface area (Å²) >= 11 is 0. The van der Waals surface area contributed by atoms with Crippen molar-refractivity contribution in [2.24, 2.45) is 0 Å². The molecule has 6 aromatic rings. The highest BCUT2D eigenvalue weighted by Gasteiger charge is 2.06. The van der Waals surface area contributed by atoms with Crippen LogP contribution in [0.15, 0.2) is 133 Å². The predicted octanol–water partition coefficient (Wildman–Crippen LogP) is 19.8. The van der Waals surface area contributed by atoms with E-state index in [1.54, 1.807) is 6.92 Å². The molecule has 436 valence electrons. The largest absolute Gasteiger partial charge is 0.492 e. The first-order valence-corrected chi connectivity index (χ1v) is 31.1. The van der Waals surface area contributed by atoms with E-state index >= 15 is 0 Å². The number of hydrogen-bond acceptors (Lipinski definition) is 3. The minimum Gasteiger partial charge on any atom is -0.492 e. The topological polar surface area (TPSA) is 27.7 Å². The zero-order valence-corrected chi connectivity index (χ0v) is 51.6. The second-order valence-electron chi connectivity index (χ2n) is 21.1. The summed E-state index contributed by atoms with van der Waals surface area (Å²) in [7, 11) is 0. The summed E-state index contributed by atoms with van der Waals surface area (Å²) in [5, 5.41) is 0. The molecule has 6 aromatic carbocycles. The number of benzene rings is 6. The van der Waals surface area contributed by atoms with Crippen LogP contribution in [0.2, 0.25) is 0 Å². The molecular weight excluding hydrogens is 1030 g/mol. The van der Waals surface area contributed by atoms with Crippen molar-refractivity contribution < 1.29 is 14.2 Å². The molecule has 0 unspecified atom stereocenters. The Morgan fingerprint density at radius 3 is 1.12 bits per heavy atom. The second kappa shape index (κ2) is 44.9. The molecule has 0 saturated carbocycles. The molecule has 1 aliphatic heterocycles. The van der Waals surface area contributed by atoms with Gasteiger partial charge in [-0.3, -0.25) is 0 Å². The smallest absolute Gasteiger partial charge is 0.135 e. The first kappa shape index (κ1) is 68.9. The van der Waals surface area contributed by atoms with E-state index in [-0.39, 0.29) is 0 Å². The molecule has 0 atom stereocenters. The molecule has 0 N–H and O–H groups in total. The van der Waals surface area contributed by atoms with Gasteiger partial charge in [-0.05, 0) is 164 Å². The van der Waals surface area contributed by atoms with Crippen molar-refractivity contribution in [3.8, 4) is 130 Å². The van der Waals surface area contributed by atoms with Crippen LogP contribution in [0.3, 0.4) is 0 Å². The molecule has 0 radical (unpaired) electrons. The molecule has 0 aromatic heterocycles. The number of rotatable bonds is 26. The van der Waals surface area contributed by atoms with Gasteiger partial charge in [0.05, 0.1) is 24.3 Å². The van der Waals surface area contributed by atoms with Gasteiger partial charge in [-0.25, -0.2) is 0 Å². The fraction of sp³-hybridized carbons (Fsp3) is 0.366. The Bertz CT molecular complexity index is 3210. The van der Waals surface area contributed by atoms with Crippen molar-refractivity contribution in [3.63, 3.8) is 0 Å². The Hall–Kier alpha value is -8.64. The van der Waals surface area contributed by atoms with Gasteiger partial charge in [-0.15, -0.1) is 25.7 Å². The van der Waals surface area contributed by atoms with E-state index in [4.69, 9.17) is 39.9 Å². The Morgan fingerprint density at radius 2 is 0.718 bits per heavy atom. The van der Waals surface area contributed by atoms with Crippen molar-refractivity contribution in [1.29, 1.82) is 0 Å². The summed E-state index contributed by atoms with van der Waals surface area (Å²) in [6.45, 7) is 11.8. The molecule has 0 bridgehead atoms. The van der Waals surface area contributed by atoms with E-state index in [0.717, 1.165) is 94.2 Å². The van der Waals surface area contributed by atoms with E-state index in [1.807, 2.05) is 97.1 Å². The standard InChI is InChI=1S/C40H42O.C22H30O.C16H10.C4H8O/c1-4-6-8-9-10-11-12-13-14-18-32-41-40-31-26-36(33-39(40)21-15-7-5-2)20-17-16-19-35-24-29-38(30-25-35)37-27-22-34(3)23-28-37;1-4-7-8-9-10-11-12-13-14-15-18-23-22-17-16-20(5-2)19-21(22)6-3;1-3-13-5-9-15(10-6-13)16-11-7-14(4-2)8-12-16;1-2-4-5-3-1/h22-31,33H,4,6,8-14,18,32H2,1-3H3;2-3,16-17,19H,4,7-15,18H2,1H3;1-2,5-12H;1-4H2. The van der Waals surface area contributed by atoms with Crippen LogP contribution in [0.4, 0.5) is 0 Å². The summed E-state index contributed by atoms with van der Waals surface area (Å²) in [5.74, 6) is 35.9. The third-order valence-corrected chi connectivity index (χ3v) is 14.2. The number of unbranched alkanes of at least 4 members (excludes halogenated alkanes) is 18. The van der Waals surface area contributed by atoms with Crippen LogP contribution >= 0.6 is 0 Å². The van der Waals surface area contributed by atoms with E-state index < -0.39 is 0 Å². The van der Waals surface area contributed by atoms with E-state index in [9.17, 15) is 0 Å². The lowest BCUT2D eigenvalue weighted by molar-refractivity contribution is 0.198. The fourth-order valence-corrected chi connectivity index (χ4v) is 9.12. The van der Waals surface area contributed by atoms with E-state index in [0.29, 0.717) is 6.61 Å². The monoisotopic (exact) mass is 1120 g/mol. The zero-order valence-electron chi connectivity index (χ0n) is 51.6. The third-order valence-electron chi connectivity index (χ3n) is 14.2. The predicted molar refractivity (Wildman–Crippen MR) is 362 cm³/mol. The van der Waals surface area contributed by atoms with Crippen LogP contribution in [0.25, 0.3) is 22.3 Å². The highest BCUT2D eigenvalue weighted by Crippen LogP contribution is 2.24. The molecule has 7 rings (SSSR count). The van der Waals surface area contributed by atoms with Gasteiger partial charge in [0.2, 0.25) is 0 Å². The molecule has 3 nitrogen and oxygen atoms in total. The number of terminal acetylenes is 4. The summed E-state index contributed by atoms with van der Waals surface area (Å²) < 4.78 is 16.8. The maximum atomic E-state index is 6.10. The molecule has 85 heavy (non-hydrogen) atoms. The first-order valence-electron chi connectivity index (χ1n) is 31.1. The van der Waals surface area contributed by atoms with Crippen LogP contribution < -0.4 is 9.47 Å². The molecule has 0 spiro atoms. The van der Waals surface area contributed by atoms with Gasteiger partial charge >= 0.3 is 0 Å². The Balaban J connectivity index is 0.000000292. The molecule has 3 heteroatoms. The lowest BCUT2D eigenvalue weighted by atomic mass is 10.0. The summed E-state index contributed by atoms with van der Waals surface area (Å²) in [6, 6.07) is 44.1. The molecular formula is C82H90O3. The maximum Gasteiger partial charge on any atom is 0.135 e. The van der Waals surface area contributed by atoms with Crippen LogP contribution in [0.1, 0.15) is 207 Å². The molecule has 0 aliphatic carbocycles. The third kappa shape index (κ3) is 30.0. The first-order chi connectivity index (χ1) is 41.8. The maximum absolute atomic E-state index is 6.10. The van der Waals surface area contributed by atoms with Gasteiger partial charge in [0.1, 0.15) is 11.5 Å². The van der Waals surface area contributed by atoms with Crippen molar-refractivity contribution in [3.05, 3.63) is 178 Å².